The molecule has 0 aromatic carbocycles. The summed E-state index contributed by atoms with van der Waals surface area (Å²) in [6, 6.07) is 0. The molecule has 374 valence electrons. The normalized spacial score (nSPS) is 12.0. The van der Waals surface area contributed by atoms with Crippen LogP contribution in [0, 0.1) is 11.8 Å². The number of ether oxygens (including phenoxy) is 3. The number of hydrogen-bond donors (Lipinski definition) is 0. The Kier molecular flexibility index (Phi) is 48.6. The van der Waals surface area contributed by atoms with Crippen molar-refractivity contribution in [2.75, 3.05) is 13.2 Å². The van der Waals surface area contributed by atoms with E-state index in [0.29, 0.717) is 19.3 Å². The molecule has 0 heterocycles. The van der Waals surface area contributed by atoms with Crippen molar-refractivity contribution in [1.82, 2.24) is 0 Å². The molecule has 0 saturated heterocycles. The van der Waals surface area contributed by atoms with Gasteiger partial charge in [0.2, 0.25) is 0 Å². The molecule has 0 spiro atoms. The first-order valence-corrected chi connectivity index (χ1v) is 28.2. The van der Waals surface area contributed by atoms with Crippen LogP contribution in [0.1, 0.15) is 317 Å². The summed E-state index contributed by atoms with van der Waals surface area (Å²) >= 11 is 0. The molecule has 1 atom stereocenters. The van der Waals surface area contributed by atoms with Gasteiger partial charge in [0.15, 0.2) is 6.10 Å². The van der Waals surface area contributed by atoms with Crippen LogP contribution in [0.4, 0.5) is 0 Å². The summed E-state index contributed by atoms with van der Waals surface area (Å²) < 4.78 is 16.8. The molecule has 0 aliphatic rings. The van der Waals surface area contributed by atoms with E-state index in [4.69, 9.17) is 14.2 Å². The van der Waals surface area contributed by atoms with E-state index >= 15 is 0 Å². The van der Waals surface area contributed by atoms with Crippen LogP contribution in [0.5, 0.6) is 0 Å². The fraction of sp³-hybridized carbons (Fsp3) is 0.947. The van der Waals surface area contributed by atoms with E-state index in [1.807, 2.05) is 0 Å². The van der Waals surface area contributed by atoms with Crippen molar-refractivity contribution < 1.29 is 28.6 Å². The summed E-state index contributed by atoms with van der Waals surface area (Å²) in [7, 11) is 0. The van der Waals surface area contributed by atoms with Crippen molar-refractivity contribution in [3.8, 4) is 0 Å². The first-order valence-electron chi connectivity index (χ1n) is 28.2. The highest BCUT2D eigenvalue weighted by Gasteiger charge is 2.19. The molecule has 0 N–H and O–H groups in total. The van der Waals surface area contributed by atoms with Crippen molar-refractivity contribution in [2.24, 2.45) is 11.8 Å². The van der Waals surface area contributed by atoms with E-state index in [1.54, 1.807) is 0 Å². The van der Waals surface area contributed by atoms with Crippen molar-refractivity contribution in [2.45, 2.75) is 323 Å². The Bertz CT molecular complexity index is 962. The zero-order chi connectivity index (χ0) is 46.1. The van der Waals surface area contributed by atoms with Crippen molar-refractivity contribution in [1.29, 1.82) is 0 Å². The fourth-order valence-electron chi connectivity index (χ4n) is 8.70. The molecule has 0 unspecified atom stereocenters. The quantitative estimate of drug-likeness (QED) is 0.0344. The Labute approximate surface area is 393 Å². The molecule has 0 amide bonds. The number of rotatable bonds is 51. The van der Waals surface area contributed by atoms with Gasteiger partial charge in [-0.1, -0.05) is 279 Å². The summed E-state index contributed by atoms with van der Waals surface area (Å²) in [5, 5.41) is 0. The lowest BCUT2D eigenvalue weighted by atomic mass is 10.0. The van der Waals surface area contributed by atoms with Gasteiger partial charge < -0.3 is 14.2 Å². The molecule has 0 aliphatic carbocycles. The largest absolute Gasteiger partial charge is 0.462 e. The molecule has 6 heteroatoms. The molecule has 0 bridgehead atoms. The number of carbonyl (C=O) groups excluding carboxylic acids is 3. The second-order valence-electron chi connectivity index (χ2n) is 20.5. The third kappa shape index (κ3) is 51.3. The standard InChI is InChI=1S/C57H110O6/c1-6-7-8-9-10-11-27-32-37-42-47-55(58)61-50-54(63-57(60)49-44-39-34-29-24-20-16-18-22-26-31-36-41-46-53(4)5)51-62-56(59)48-43-38-33-28-23-19-15-13-12-14-17-21-25-30-35-40-45-52(2)3/h52-54H,6-51H2,1-5H3/t54-/m0/s1. The maximum Gasteiger partial charge on any atom is 0.306 e. The highest BCUT2D eigenvalue weighted by molar-refractivity contribution is 5.71. The van der Waals surface area contributed by atoms with E-state index in [0.717, 1.165) is 69.6 Å². The molecule has 0 aromatic heterocycles. The lowest BCUT2D eigenvalue weighted by Crippen LogP contribution is -2.30. The molecular weight excluding hydrogens is 781 g/mol. The molecule has 0 fully saturated rings. The van der Waals surface area contributed by atoms with E-state index in [9.17, 15) is 14.4 Å². The van der Waals surface area contributed by atoms with Crippen molar-refractivity contribution in [3.63, 3.8) is 0 Å². The second-order valence-corrected chi connectivity index (χ2v) is 20.5. The molecule has 0 aromatic rings. The maximum atomic E-state index is 12.8. The van der Waals surface area contributed by atoms with Gasteiger partial charge in [0.05, 0.1) is 0 Å². The average molecular weight is 892 g/mol. The van der Waals surface area contributed by atoms with Crippen LogP contribution in [0.15, 0.2) is 0 Å². The van der Waals surface area contributed by atoms with E-state index in [2.05, 4.69) is 34.6 Å². The summed E-state index contributed by atoms with van der Waals surface area (Å²) in [6.45, 7) is 11.4. The Hall–Kier alpha value is -1.59. The molecule has 63 heavy (non-hydrogen) atoms. The number of hydrogen-bond acceptors (Lipinski definition) is 6. The zero-order valence-electron chi connectivity index (χ0n) is 43.2. The van der Waals surface area contributed by atoms with Gasteiger partial charge in [0.1, 0.15) is 13.2 Å². The Morgan fingerprint density at radius 3 is 0.778 bits per heavy atom. The van der Waals surface area contributed by atoms with Gasteiger partial charge in [-0.3, -0.25) is 14.4 Å². The fourth-order valence-corrected chi connectivity index (χ4v) is 8.70. The van der Waals surface area contributed by atoms with Crippen molar-refractivity contribution in [3.05, 3.63) is 0 Å². The first kappa shape index (κ1) is 61.4. The molecule has 0 saturated carbocycles. The highest BCUT2D eigenvalue weighted by Crippen LogP contribution is 2.18. The second kappa shape index (κ2) is 49.8. The van der Waals surface area contributed by atoms with Crippen LogP contribution in [-0.2, 0) is 28.6 Å². The van der Waals surface area contributed by atoms with Gasteiger partial charge in [-0.2, -0.15) is 0 Å². The minimum atomic E-state index is -0.762. The predicted octanol–water partition coefficient (Wildman–Crippen LogP) is 18.5. The van der Waals surface area contributed by atoms with Gasteiger partial charge in [0, 0.05) is 19.3 Å². The van der Waals surface area contributed by atoms with Crippen LogP contribution in [0.3, 0.4) is 0 Å². The predicted molar refractivity (Wildman–Crippen MR) is 270 cm³/mol. The smallest absolute Gasteiger partial charge is 0.306 e. The Morgan fingerprint density at radius 2 is 0.524 bits per heavy atom. The van der Waals surface area contributed by atoms with Crippen molar-refractivity contribution >= 4 is 17.9 Å². The molecule has 0 aliphatic heterocycles. The molecule has 0 rings (SSSR count). The number of carbonyl (C=O) groups is 3. The average Bonchev–Trinajstić information content (AvgIpc) is 3.25. The number of unbranched alkanes of at least 4 members (excludes halogenated alkanes) is 36. The van der Waals surface area contributed by atoms with Gasteiger partial charge in [-0.15, -0.1) is 0 Å². The monoisotopic (exact) mass is 891 g/mol. The third-order valence-electron chi connectivity index (χ3n) is 13.0. The molecular formula is C57H110O6. The van der Waals surface area contributed by atoms with Gasteiger partial charge in [-0.05, 0) is 31.1 Å². The molecule has 0 radical (unpaired) electrons. The van der Waals surface area contributed by atoms with Gasteiger partial charge in [0.25, 0.3) is 0 Å². The lowest BCUT2D eigenvalue weighted by molar-refractivity contribution is -0.167. The van der Waals surface area contributed by atoms with Gasteiger partial charge in [-0.25, -0.2) is 0 Å². The van der Waals surface area contributed by atoms with E-state index in [-0.39, 0.29) is 31.1 Å². The van der Waals surface area contributed by atoms with E-state index < -0.39 is 6.10 Å². The first-order chi connectivity index (χ1) is 30.7. The van der Waals surface area contributed by atoms with Crippen LogP contribution < -0.4 is 0 Å². The molecule has 6 nitrogen and oxygen atoms in total. The Morgan fingerprint density at radius 1 is 0.302 bits per heavy atom. The summed E-state index contributed by atoms with van der Waals surface area (Å²) in [5.41, 5.74) is 0. The third-order valence-corrected chi connectivity index (χ3v) is 13.0. The lowest BCUT2D eigenvalue weighted by Gasteiger charge is -2.18. The van der Waals surface area contributed by atoms with Crippen LogP contribution in [0.2, 0.25) is 0 Å². The maximum absolute atomic E-state index is 12.8. The topological polar surface area (TPSA) is 78.9 Å². The number of esters is 3. The van der Waals surface area contributed by atoms with Crippen LogP contribution in [0.25, 0.3) is 0 Å². The Balaban J connectivity index is 4.24. The zero-order valence-corrected chi connectivity index (χ0v) is 43.2. The minimum Gasteiger partial charge on any atom is -0.462 e. The van der Waals surface area contributed by atoms with Crippen LogP contribution >= 0.6 is 0 Å². The van der Waals surface area contributed by atoms with Crippen LogP contribution in [-0.4, -0.2) is 37.2 Å². The summed E-state index contributed by atoms with van der Waals surface area (Å²) in [6.07, 6.45) is 52.4. The summed E-state index contributed by atoms with van der Waals surface area (Å²) in [5.74, 6) is 0.849. The highest BCUT2D eigenvalue weighted by atomic mass is 16.6. The SMILES string of the molecule is CCCCCCCCCCCCC(=O)OC[C@@H](COC(=O)CCCCCCCCCCCCCCCCCCC(C)C)OC(=O)CCCCCCCCCCCCCCCC(C)C. The van der Waals surface area contributed by atoms with Gasteiger partial charge >= 0.3 is 17.9 Å². The minimum absolute atomic E-state index is 0.0628. The summed E-state index contributed by atoms with van der Waals surface area (Å²) in [4.78, 5) is 38.0. The van der Waals surface area contributed by atoms with E-state index in [1.165, 1.54) is 205 Å².